The summed E-state index contributed by atoms with van der Waals surface area (Å²) in [4.78, 5) is 13.0. The highest BCUT2D eigenvalue weighted by molar-refractivity contribution is 7.98. The van der Waals surface area contributed by atoms with Gasteiger partial charge < -0.3 is 5.32 Å². The van der Waals surface area contributed by atoms with Crippen molar-refractivity contribution >= 4 is 35.3 Å². The molecule has 0 aromatic heterocycles. The zero-order valence-corrected chi connectivity index (χ0v) is 13.2. The molecule has 2 aromatic carbocycles. The van der Waals surface area contributed by atoms with Crippen LogP contribution in [0.5, 0.6) is 0 Å². The first-order chi connectivity index (χ1) is 10.2. The van der Waals surface area contributed by atoms with Gasteiger partial charge in [-0.25, -0.2) is 0 Å². The third-order valence-corrected chi connectivity index (χ3v) is 4.03. The van der Waals surface area contributed by atoms with E-state index in [2.05, 4.69) is 5.32 Å². The van der Waals surface area contributed by atoms with Crippen LogP contribution in [-0.4, -0.2) is 12.2 Å². The molecule has 0 heterocycles. The zero-order valence-electron chi connectivity index (χ0n) is 11.7. The van der Waals surface area contributed by atoms with E-state index in [4.69, 9.17) is 11.6 Å². The SMILES string of the molecule is CSc1ccc(CNC(=O)/C=C/c2ccccc2Cl)cc1. The summed E-state index contributed by atoms with van der Waals surface area (Å²) in [7, 11) is 0. The lowest BCUT2D eigenvalue weighted by Gasteiger charge is -2.04. The molecule has 108 valence electrons. The van der Waals surface area contributed by atoms with Gasteiger partial charge in [0.25, 0.3) is 0 Å². The average molecular weight is 318 g/mol. The van der Waals surface area contributed by atoms with Gasteiger partial charge >= 0.3 is 0 Å². The molecule has 0 bridgehead atoms. The first-order valence-corrected chi connectivity index (χ1v) is 8.12. The average Bonchev–Trinajstić information content (AvgIpc) is 2.52. The molecule has 1 N–H and O–H groups in total. The van der Waals surface area contributed by atoms with Crippen molar-refractivity contribution in [1.82, 2.24) is 5.32 Å². The van der Waals surface area contributed by atoms with E-state index >= 15 is 0 Å². The third-order valence-electron chi connectivity index (χ3n) is 2.95. The van der Waals surface area contributed by atoms with E-state index in [9.17, 15) is 4.79 Å². The van der Waals surface area contributed by atoms with Crippen molar-refractivity contribution in [3.05, 3.63) is 70.8 Å². The van der Waals surface area contributed by atoms with Gasteiger partial charge in [-0.15, -0.1) is 11.8 Å². The number of carbonyl (C=O) groups excluding carboxylic acids is 1. The maximum absolute atomic E-state index is 11.8. The highest BCUT2D eigenvalue weighted by Gasteiger charge is 1.99. The van der Waals surface area contributed by atoms with Crippen LogP contribution < -0.4 is 5.32 Å². The Labute approximate surface area is 134 Å². The van der Waals surface area contributed by atoms with Gasteiger partial charge in [-0.2, -0.15) is 0 Å². The van der Waals surface area contributed by atoms with Crippen molar-refractivity contribution in [3.8, 4) is 0 Å². The van der Waals surface area contributed by atoms with Crippen molar-refractivity contribution in [2.45, 2.75) is 11.4 Å². The second-order valence-corrected chi connectivity index (χ2v) is 5.71. The minimum Gasteiger partial charge on any atom is -0.348 e. The van der Waals surface area contributed by atoms with Gasteiger partial charge in [0.05, 0.1) is 0 Å². The van der Waals surface area contributed by atoms with Gasteiger partial charge in [-0.05, 0) is 41.7 Å². The molecule has 21 heavy (non-hydrogen) atoms. The third kappa shape index (κ3) is 4.96. The topological polar surface area (TPSA) is 29.1 Å². The van der Waals surface area contributed by atoms with Gasteiger partial charge in [-0.3, -0.25) is 4.79 Å². The number of hydrogen-bond donors (Lipinski definition) is 1. The minimum absolute atomic E-state index is 0.135. The first kappa shape index (κ1) is 15.7. The van der Waals surface area contributed by atoms with Crippen LogP contribution in [0.1, 0.15) is 11.1 Å². The summed E-state index contributed by atoms with van der Waals surface area (Å²) < 4.78 is 0. The molecule has 0 fully saturated rings. The molecular formula is C17H16ClNOS. The molecule has 0 saturated carbocycles. The number of hydrogen-bond acceptors (Lipinski definition) is 2. The quantitative estimate of drug-likeness (QED) is 0.654. The molecule has 0 aliphatic rings. The predicted molar refractivity (Wildman–Crippen MR) is 90.6 cm³/mol. The highest BCUT2D eigenvalue weighted by Crippen LogP contribution is 2.16. The Morgan fingerprint density at radius 2 is 1.90 bits per heavy atom. The van der Waals surface area contributed by atoms with Gasteiger partial charge in [0, 0.05) is 22.5 Å². The first-order valence-electron chi connectivity index (χ1n) is 6.52. The monoisotopic (exact) mass is 317 g/mol. The number of halogens is 1. The zero-order chi connectivity index (χ0) is 15.1. The maximum atomic E-state index is 11.8. The number of nitrogens with one attached hydrogen (secondary N) is 1. The Morgan fingerprint density at radius 1 is 1.19 bits per heavy atom. The van der Waals surface area contributed by atoms with Gasteiger partial charge in [0.2, 0.25) is 5.91 Å². The van der Waals surface area contributed by atoms with Crippen LogP contribution in [0.3, 0.4) is 0 Å². The Bertz CT molecular complexity index is 637. The molecule has 0 spiro atoms. The van der Waals surface area contributed by atoms with Crippen molar-refractivity contribution in [2.75, 3.05) is 6.26 Å². The second kappa shape index (κ2) is 7.91. The molecule has 0 saturated heterocycles. The van der Waals surface area contributed by atoms with E-state index in [1.165, 1.54) is 11.0 Å². The summed E-state index contributed by atoms with van der Waals surface area (Å²) in [5.74, 6) is -0.135. The number of benzene rings is 2. The van der Waals surface area contributed by atoms with E-state index in [0.29, 0.717) is 11.6 Å². The van der Waals surface area contributed by atoms with Crippen molar-refractivity contribution in [1.29, 1.82) is 0 Å². The molecule has 2 aromatic rings. The Morgan fingerprint density at radius 3 is 2.57 bits per heavy atom. The summed E-state index contributed by atoms with van der Waals surface area (Å²) in [6, 6.07) is 15.5. The summed E-state index contributed by atoms with van der Waals surface area (Å²) in [5.41, 5.74) is 1.91. The molecule has 2 nitrogen and oxygen atoms in total. The van der Waals surface area contributed by atoms with Crippen molar-refractivity contribution in [3.63, 3.8) is 0 Å². The van der Waals surface area contributed by atoms with Gasteiger partial charge in [0.15, 0.2) is 0 Å². The number of amides is 1. The lowest BCUT2D eigenvalue weighted by Crippen LogP contribution is -2.20. The van der Waals surface area contributed by atoms with Crippen LogP contribution in [-0.2, 0) is 11.3 Å². The molecule has 0 radical (unpaired) electrons. The van der Waals surface area contributed by atoms with Crippen molar-refractivity contribution < 1.29 is 4.79 Å². The van der Waals surface area contributed by atoms with Crippen LogP contribution in [0.2, 0.25) is 5.02 Å². The number of thioether (sulfide) groups is 1. The maximum Gasteiger partial charge on any atom is 0.244 e. The molecule has 4 heteroatoms. The Hall–Kier alpha value is -1.71. The summed E-state index contributed by atoms with van der Waals surface area (Å²) in [6.45, 7) is 0.514. The van der Waals surface area contributed by atoms with Crippen molar-refractivity contribution in [2.24, 2.45) is 0 Å². The van der Waals surface area contributed by atoms with Crippen LogP contribution in [0, 0.1) is 0 Å². The smallest absolute Gasteiger partial charge is 0.244 e. The van der Waals surface area contributed by atoms with Gasteiger partial charge in [-0.1, -0.05) is 41.9 Å². The molecule has 0 aliphatic carbocycles. The summed E-state index contributed by atoms with van der Waals surface area (Å²) >= 11 is 7.72. The fraction of sp³-hybridized carbons (Fsp3) is 0.118. The molecule has 1 amide bonds. The fourth-order valence-electron chi connectivity index (χ4n) is 1.77. The van der Waals surface area contributed by atoms with E-state index in [1.54, 1.807) is 23.9 Å². The van der Waals surface area contributed by atoms with E-state index in [1.807, 2.05) is 48.7 Å². The van der Waals surface area contributed by atoms with E-state index in [-0.39, 0.29) is 5.91 Å². The Balaban J connectivity index is 1.88. The lowest BCUT2D eigenvalue weighted by molar-refractivity contribution is -0.116. The molecule has 0 unspecified atom stereocenters. The van der Waals surface area contributed by atoms with Crippen LogP contribution in [0.4, 0.5) is 0 Å². The van der Waals surface area contributed by atoms with E-state index in [0.717, 1.165) is 11.1 Å². The molecule has 2 rings (SSSR count). The van der Waals surface area contributed by atoms with Gasteiger partial charge in [0.1, 0.15) is 0 Å². The Kier molecular flexibility index (Phi) is 5.90. The predicted octanol–water partition coefficient (Wildman–Crippen LogP) is 4.39. The molecule has 0 aliphatic heterocycles. The lowest BCUT2D eigenvalue weighted by atomic mass is 10.2. The van der Waals surface area contributed by atoms with Crippen LogP contribution in [0.15, 0.2) is 59.5 Å². The largest absolute Gasteiger partial charge is 0.348 e. The fourth-order valence-corrected chi connectivity index (χ4v) is 2.37. The molecule has 0 atom stereocenters. The summed E-state index contributed by atoms with van der Waals surface area (Å²) in [6.07, 6.45) is 5.25. The second-order valence-electron chi connectivity index (χ2n) is 4.42. The standard InChI is InChI=1S/C17H16ClNOS/c1-21-15-9-6-13(7-10-15)12-19-17(20)11-8-14-4-2-3-5-16(14)18/h2-11H,12H2,1H3,(H,19,20)/b11-8+. The van der Waals surface area contributed by atoms with Crippen LogP contribution in [0.25, 0.3) is 6.08 Å². The van der Waals surface area contributed by atoms with Crippen LogP contribution >= 0.6 is 23.4 Å². The summed E-state index contributed by atoms with van der Waals surface area (Å²) in [5, 5.41) is 3.48. The highest BCUT2D eigenvalue weighted by atomic mass is 35.5. The normalized spacial score (nSPS) is 10.8. The minimum atomic E-state index is -0.135. The molecular weight excluding hydrogens is 302 g/mol. The van der Waals surface area contributed by atoms with E-state index < -0.39 is 0 Å². The number of rotatable bonds is 5. The number of carbonyl (C=O) groups is 1.